The van der Waals surface area contributed by atoms with Gasteiger partial charge in [-0.15, -0.1) is 0 Å². The van der Waals surface area contributed by atoms with E-state index >= 15 is 0 Å². The second-order valence-electron chi connectivity index (χ2n) is 3.92. The predicted octanol–water partition coefficient (Wildman–Crippen LogP) is 0.388. The normalized spacial score (nSPS) is 15.5. The van der Waals surface area contributed by atoms with E-state index in [2.05, 4.69) is 4.98 Å². The van der Waals surface area contributed by atoms with Gasteiger partial charge < -0.3 is 19.4 Å². The Bertz CT molecular complexity index is 477. The Balaban J connectivity index is 2.33. The number of ether oxygens (including phenoxy) is 2. The molecule has 0 bridgehead atoms. The molecule has 0 saturated carbocycles. The number of H-pyrrole nitrogens is 1. The highest BCUT2D eigenvalue weighted by Gasteiger charge is 2.20. The van der Waals surface area contributed by atoms with E-state index in [0.29, 0.717) is 44.2 Å². The molecule has 0 amide bonds. The molecule has 1 aromatic rings. The van der Waals surface area contributed by atoms with Crippen LogP contribution < -0.4 is 10.5 Å². The van der Waals surface area contributed by atoms with E-state index in [0.717, 1.165) is 0 Å². The minimum Gasteiger partial charge on any atom is -0.462 e. The topological polar surface area (TPSA) is 71.6 Å². The molecule has 1 aliphatic rings. The van der Waals surface area contributed by atoms with Crippen LogP contribution in [0.1, 0.15) is 17.3 Å². The summed E-state index contributed by atoms with van der Waals surface area (Å²) in [4.78, 5) is 27.7. The van der Waals surface area contributed by atoms with Gasteiger partial charge in [0.05, 0.1) is 31.1 Å². The van der Waals surface area contributed by atoms with Crippen LogP contribution in [0.25, 0.3) is 0 Å². The smallest absolute Gasteiger partial charge is 0.341 e. The number of rotatable bonds is 3. The van der Waals surface area contributed by atoms with Crippen LogP contribution in [-0.2, 0) is 9.47 Å². The minimum atomic E-state index is -0.421. The van der Waals surface area contributed by atoms with Crippen LogP contribution in [-0.4, -0.2) is 43.9 Å². The van der Waals surface area contributed by atoms with Crippen LogP contribution in [0.3, 0.4) is 0 Å². The molecule has 1 saturated heterocycles. The van der Waals surface area contributed by atoms with Crippen LogP contribution in [0.5, 0.6) is 0 Å². The SMILES string of the molecule is CCOC(=O)c1c[nH]c(=O)cc1N1CCOCC1. The summed E-state index contributed by atoms with van der Waals surface area (Å²) in [6, 6.07) is 1.43. The standard InChI is InChI=1S/C12H16N2O4/c1-2-18-12(16)9-8-13-11(15)7-10(9)14-3-5-17-6-4-14/h7-8H,2-6H2,1H3,(H,13,15). The second kappa shape index (κ2) is 5.68. The summed E-state index contributed by atoms with van der Waals surface area (Å²) in [6.45, 7) is 4.56. The number of hydrogen-bond acceptors (Lipinski definition) is 5. The summed E-state index contributed by atoms with van der Waals surface area (Å²) < 4.78 is 10.2. The van der Waals surface area contributed by atoms with Gasteiger partial charge in [-0.25, -0.2) is 4.79 Å². The maximum atomic E-state index is 11.8. The molecule has 1 aliphatic heterocycles. The van der Waals surface area contributed by atoms with Crippen molar-refractivity contribution in [1.82, 2.24) is 4.98 Å². The van der Waals surface area contributed by atoms with E-state index in [1.54, 1.807) is 6.92 Å². The monoisotopic (exact) mass is 252 g/mol. The van der Waals surface area contributed by atoms with E-state index in [1.807, 2.05) is 4.90 Å². The lowest BCUT2D eigenvalue weighted by molar-refractivity contribution is 0.0525. The van der Waals surface area contributed by atoms with E-state index in [1.165, 1.54) is 12.3 Å². The summed E-state index contributed by atoms with van der Waals surface area (Å²) in [6.07, 6.45) is 1.41. The lowest BCUT2D eigenvalue weighted by Crippen LogP contribution is -2.37. The minimum absolute atomic E-state index is 0.232. The number of carbonyl (C=O) groups is 1. The van der Waals surface area contributed by atoms with Gasteiger partial charge >= 0.3 is 5.97 Å². The fraction of sp³-hybridized carbons (Fsp3) is 0.500. The number of anilines is 1. The van der Waals surface area contributed by atoms with Crippen molar-refractivity contribution >= 4 is 11.7 Å². The van der Waals surface area contributed by atoms with Gasteiger partial charge in [-0.2, -0.15) is 0 Å². The number of aromatic amines is 1. The average molecular weight is 252 g/mol. The van der Waals surface area contributed by atoms with Crippen LogP contribution in [0.4, 0.5) is 5.69 Å². The highest BCUT2D eigenvalue weighted by atomic mass is 16.5. The van der Waals surface area contributed by atoms with Crippen molar-refractivity contribution in [3.05, 3.63) is 28.2 Å². The Morgan fingerprint density at radius 2 is 2.22 bits per heavy atom. The van der Waals surface area contributed by atoms with Gasteiger partial charge in [-0.1, -0.05) is 0 Å². The number of nitrogens with zero attached hydrogens (tertiary/aromatic N) is 1. The van der Waals surface area contributed by atoms with Gasteiger partial charge in [0.25, 0.3) is 0 Å². The van der Waals surface area contributed by atoms with Crippen LogP contribution in [0.2, 0.25) is 0 Å². The summed E-state index contributed by atoms with van der Waals surface area (Å²) in [5.41, 5.74) is 0.767. The number of nitrogens with one attached hydrogen (secondary N) is 1. The Morgan fingerprint density at radius 1 is 1.50 bits per heavy atom. The van der Waals surface area contributed by atoms with Gasteiger partial charge in [0.1, 0.15) is 0 Å². The number of morpholine rings is 1. The number of esters is 1. The van der Waals surface area contributed by atoms with Crippen molar-refractivity contribution < 1.29 is 14.3 Å². The van der Waals surface area contributed by atoms with E-state index in [9.17, 15) is 9.59 Å². The highest BCUT2D eigenvalue weighted by molar-refractivity contribution is 5.95. The molecule has 6 nitrogen and oxygen atoms in total. The van der Waals surface area contributed by atoms with Gasteiger partial charge in [-0.3, -0.25) is 4.79 Å². The largest absolute Gasteiger partial charge is 0.462 e. The highest BCUT2D eigenvalue weighted by Crippen LogP contribution is 2.19. The first kappa shape index (κ1) is 12.6. The Labute approximate surface area is 105 Å². The van der Waals surface area contributed by atoms with Gasteiger partial charge in [-0.05, 0) is 6.92 Å². The molecular formula is C12H16N2O4. The van der Waals surface area contributed by atoms with E-state index in [-0.39, 0.29) is 5.56 Å². The third kappa shape index (κ3) is 2.70. The molecule has 0 unspecified atom stereocenters. The van der Waals surface area contributed by atoms with Crippen molar-refractivity contribution in [1.29, 1.82) is 0 Å². The number of hydrogen-bond donors (Lipinski definition) is 1. The Morgan fingerprint density at radius 3 is 2.89 bits per heavy atom. The molecule has 1 N–H and O–H groups in total. The van der Waals surface area contributed by atoms with Crippen molar-refractivity contribution in [2.75, 3.05) is 37.8 Å². The molecule has 0 spiro atoms. The molecule has 0 aliphatic carbocycles. The van der Waals surface area contributed by atoms with Crippen molar-refractivity contribution in [2.45, 2.75) is 6.92 Å². The molecule has 0 radical (unpaired) electrons. The zero-order valence-corrected chi connectivity index (χ0v) is 10.3. The molecule has 0 aromatic carbocycles. The lowest BCUT2D eigenvalue weighted by atomic mass is 10.2. The first-order valence-electron chi connectivity index (χ1n) is 5.95. The molecular weight excluding hydrogens is 236 g/mol. The van der Waals surface area contributed by atoms with Crippen molar-refractivity contribution in [3.63, 3.8) is 0 Å². The fourth-order valence-electron chi connectivity index (χ4n) is 1.90. The summed E-state index contributed by atoms with van der Waals surface area (Å²) in [7, 11) is 0. The zero-order valence-electron chi connectivity index (χ0n) is 10.3. The summed E-state index contributed by atoms with van der Waals surface area (Å²) in [5, 5.41) is 0. The number of carbonyl (C=O) groups excluding carboxylic acids is 1. The lowest BCUT2D eigenvalue weighted by Gasteiger charge is -2.29. The van der Waals surface area contributed by atoms with Gasteiger partial charge in [0, 0.05) is 25.4 Å². The first-order valence-corrected chi connectivity index (χ1v) is 5.95. The quantitative estimate of drug-likeness (QED) is 0.788. The average Bonchev–Trinajstić information content (AvgIpc) is 2.40. The molecule has 0 atom stereocenters. The fourth-order valence-corrected chi connectivity index (χ4v) is 1.90. The molecule has 2 heterocycles. The Kier molecular flexibility index (Phi) is 3.99. The molecule has 1 fully saturated rings. The number of pyridine rings is 1. The second-order valence-corrected chi connectivity index (χ2v) is 3.92. The third-order valence-electron chi connectivity index (χ3n) is 2.75. The first-order chi connectivity index (χ1) is 8.72. The maximum Gasteiger partial charge on any atom is 0.341 e. The Hall–Kier alpha value is -1.82. The molecule has 2 rings (SSSR count). The van der Waals surface area contributed by atoms with Gasteiger partial charge in [0.2, 0.25) is 5.56 Å². The summed E-state index contributed by atoms with van der Waals surface area (Å²) in [5.74, 6) is -0.421. The molecule has 98 valence electrons. The number of aromatic nitrogens is 1. The molecule has 1 aromatic heterocycles. The van der Waals surface area contributed by atoms with Crippen molar-refractivity contribution in [3.8, 4) is 0 Å². The van der Waals surface area contributed by atoms with E-state index < -0.39 is 5.97 Å². The van der Waals surface area contributed by atoms with Gasteiger partial charge in [0.15, 0.2) is 0 Å². The van der Waals surface area contributed by atoms with Crippen LogP contribution >= 0.6 is 0 Å². The molecule has 18 heavy (non-hydrogen) atoms. The van der Waals surface area contributed by atoms with Crippen LogP contribution in [0, 0.1) is 0 Å². The third-order valence-corrected chi connectivity index (χ3v) is 2.75. The van der Waals surface area contributed by atoms with Crippen LogP contribution in [0.15, 0.2) is 17.1 Å². The molecule has 6 heteroatoms. The van der Waals surface area contributed by atoms with E-state index in [4.69, 9.17) is 9.47 Å². The maximum absolute atomic E-state index is 11.8. The zero-order chi connectivity index (χ0) is 13.0. The predicted molar refractivity (Wildman–Crippen MR) is 66.1 cm³/mol. The van der Waals surface area contributed by atoms with Crippen molar-refractivity contribution in [2.24, 2.45) is 0 Å². The summed E-state index contributed by atoms with van der Waals surface area (Å²) >= 11 is 0.